The first-order valence-corrected chi connectivity index (χ1v) is 22.1. The predicted molar refractivity (Wildman–Crippen MR) is 251 cm³/mol. The number of imidazole rings is 1. The number of aromatic hydroxyl groups is 2. The van der Waals surface area contributed by atoms with E-state index in [1.165, 1.54) is 0 Å². The number of amides is 2. The highest BCUT2D eigenvalue weighted by Gasteiger charge is 2.32. The number of ether oxygens (including phenoxy) is 2. The van der Waals surface area contributed by atoms with Crippen molar-refractivity contribution >= 4 is 30.8 Å². The molecule has 0 radical (unpaired) electrons. The molecule has 1 fully saturated rings. The van der Waals surface area contributed by atoms with Gasteiger partial charge in [0.25, 0.3) is 0 Å². The molecule has 0 spiro atoms. The first-order chi connectivity index (χ1) is 30.8. The van der Waals surface area contributed by atoms with Crippen molar-refractivity contribution in [3.05, 3.63) is 141 Å². The lowest BCUT2D eigenvalue weighted by Crippen LogP contribution is -2.41. The molecule has 1 aliphatic rings. The highest BCUT2D eigenvalue weighted by Crippen LogP contribution is 2.33. The first kappa shape index (κ1) is 45.5. The fourth-order valence-electron chi connectivity index (χ4n) is 8.47. The molecule has 2 N–H and O–H groups in total. The second-order valence-electron chi connectivity index (χ2n) is 17.4. The van der Waals surface area contributed by atoms with E-state index in [0.29, 0.717) is 85.7 Å². The summed E-state index contributed by atoms with van der Waals surface area (Å²) in [4.78, 5) is 44.4. The Morgan fingerprint density at radius 3 is 2.03 bits per heavy atom. The summed E-state index contributed by atoms with van der Waals surface area (Å²) >= 11 is 0. The zero-order valence-corrected chi connectivity index (χ0v) is 37.6. The molecule has 7 rings (SSSR count). The van der Waals surface area contributed by atoms with Crippen LogP contribution >= 0.6 is 0 Å². The lowest BCUT2D eigenvalue weighted by molar-refractivity contribution is -0.131. The number of hydrogen-bond acceptors (Lipinski definition) is 9. The van der Waals surface area contributed by atoms with Crippen LogP contribution in [-0.2, 0) is 27.8 Å². The van der Waals surface area contributed by atoms with Crippen LogP contribution in [0.3, 0.4) is 0 Å². The number of carbonyl (C=O) groups is 2. The van der Waals surface area contributed by atoms with Crippen LogP contribution < -0.4 is 15.2 Å². The highest BCUT2D eigenvalue weighted by atomic mass is 16.6. The summed E-state index contributed by atoms with van der Waals surface area (Å²) in [7, 11) is 1.74. The quantitative estimate of drug-likeness (QED) is 0.0945. The molecular weight excluding hydrogens is 805 g/mol. The third kappa shape index (κ3) is 10.6. The van der Waals surface area contributed by atoms with Crippen molar-refractivity contribution in [3.63, 3.8) is 0 Å². The van der Waals surface area contributed by atoms with E-state index in [2.05, 4.69) is 30.2 Å². The number of morpholine rings is 1. The fraction of sp³-hybridized carbons (Fsp3) is 0.346. The third-order valence-corrected chi connectivity index (χ3v) is 12.2. The molecule has 4 aromatic carbocycles. The average Bonchev–Trinajstić information content (AvgIpc) is 3.64. The topological polar surface area (TPSA) is 133 Å². The van der Waals surface area contributed by atoms with Crippen molar-refractivity contribution in [2.24, 2.45) is 0 Å². The summed E-state index contributed by atoms with van der Waals surface area (Å²) in [5.74, 6) is 0.0848. The number of hydrogen-bond donors (Lipinski definition) is 2. The number of phenolic OH excluding ortho intramolecular Hbond substituents is 2. The molecule has 0 unspecified atom stereocenters. The van der Waals surface area contributed by atoms with Gasteiger partial charge in [0.1, 0.15) is 17.2 Å². The molecule has 6 aromatic rings. The number of phenols is 2. The van der Waals surface area contributed by atoms with E-state index < -0.39 is 11.5 Å². The van der Waals surface area contributed by atoms with Crippen LogP contribution in [0.5, 0.6) is 17.4 Å². The number of rotatable bonds is 17. The number of aromatic nitrogens is 3. The van der Waals surface area contributed by atoms with E-state index in [4.69, 9.17) is 19.4 Å². The summed E-state index contributed by atoms with van der Waals surface area (Å²) in [6, 6.07) is 30.1. The Kier molecular flexibility index (Phi) is 14.5. The molecule has 0 saturated carbocycles. The van der Waals surface area contributed by atoms with Gasteiger partial charge in [-0.25, -0.2) is 14.8 Å². The van der Waals surface area contributed by atoms with Crippen LogP contribution in [0.4, 0.5) is 4.79 Å². The lowest BCUT2D eigenvalue weighted by Gasteiger charge is -2.30. The standard InChI is InChI=1S/C52H60N6O6/c1-36-37(2)48(61)46(38(3)47(36)60)52(4,5)34-45(59)55(6)24-16-26-57(27-17-25-56-28-30-63-31-29-56)51(62)64-50-43(33-40-20-12-8-13-21-40)54-49-42(32-39-18-10-7-11-19-39)53-44(35-58(49)50)41-22-14-9-15-23-41/h7-15,18-23,35,60-61H,2-3,16-17,24-34H2,1,4-6H3. The van der Waals surface area contributed by atoms with Crippen molar-refractivity contribution in [2.75, 3.05) is 59.5 Å². The molecule has 1 saturated heterocycles. The molecule has 2 amide bonds. The van der Waals surface area contributed by atoms with E-state index in [0.717, 1.165) is 54.1 Å². The zero-order chi connectivity index (χ0) is 45.4. The molecule has 12 nitrogen and oxygen atoms in total. The van der Waals surface area contributed by atoms with Gasteiger partial charge >= 0.3 is 6.09 Å². The average molecular weight is 865 g/mol. The maximum Gasteiger partial charge on any atom is 0.416 e. The van der Waals surface area contributed by atoms with Gasteiger partial charge in [-0.2, -0.15) is 0 Å². The van der Waals surface area contributed by atoms with Crippen molar-refractivity contribution in [1.29, 1.82) is 0 Å². The maximum absolute atomic E-state index is 14.6. The predicted octanol–water partition coefficient (Wildman–Crippen LogP) is 6.86. The Morgan fingerprint density at radius 2 is 1.39 bits per heavy atom. The Labute approximate surface area is 375 Å². The van der Waals surface area contributed by atoms with Gasteiger partial charge in [-0.05, 0) is 30.9 Å². The minimum absolute atomic E-state index is 0.0377. The molecule has 334 valence electrons. The molecule has 2 aromatic heterocycles. The summed E-state index contributed by atoms with van der Waals surface area (Å²) in [6.45, 7) is 18.3. The Morgan fingerprint density at radius 1 is 0.797 bits per heavy atom. The maximum atomic E-state index is 14.6. The number of nitrogens with zero attached hydrogens (tertiary/aromatic N) is 6. The molecule has 12 heteroatoms. The van der Waals surface area contributed by atoms with Crippen LogP contribution in [0, 0.1) is 6.92 Å². The summed E-state index contributed by atoms with van der Waals surface area (Å²) in [5, 5.41) is 22.4. The van der Waals surface area contributed by atoms with Crippen molar-refractivity contribution in [3.8, 4) is 28.6 Å². The van der Waals surface area contributed by atoms with E-state index in [1.807, 2.05) is 103 Å². The van der Waals surface area contributed by atoms with Crippen LogP contribution in [0.15, 0.2) is 97.2 Å². The molecule has 0 aliphatic carbocycles. The van der Waals surface area contributed by atoms with E-state index in [-0.39, 0.29) is 29.0 Å². The van der Waals surface area contributed by atoms with E-state index in [1.54, 1.807) is 23.8 Å². The van der Waals surface area contributed by atoms with Gasteiger partial charge in [0, 0.05) is 104 Å². The normalized spacial score (nSPS) is 13.2. The van der Waals surface area contributed by atoms with E-state index in [9.17, 15) is 19.8 Å². The number of benzene rings is 4. The SMILES string of the molecule is C=c1c(C)c(O)c(=C)c(C(C)(C)CC(=O)N(C)CCCN(CCCN2CCOCC2)C(=O)Oc2c(Cc3ccccc3)nc3c(Cc4ccccc4)nc(-c4ccccc4)cn23)c1O. The molecule has 0 bridgehead atoms. The molecule has 3 heterocycles. The zero-order valence-electron chi connectivity index (χ0n) is 37.6. The molecule has 0 atom stereocenters. The smallest absolute Gasteiger partial charge is 0.416 e. The summed E-state index contributed by atoms with van der Waals surface area (Å²) in [5.41, 5.74) is 5.74. The fourth-order valence-corrected chi connectivity index (χ4v) is 8.47. The van der Waals surface area contributed by atoms with Gasteiger partial charge in [0.2, 0.25) is 11.8 Å². The largest absolute Gasteiger partial charge is 0.507 e. The van der Waals surface area contributed by atoms with Crippen LogP contribution in [0.25, 0.3) is 30.1 Å². The monoisotopic (exact) mass is 864 g/mol. The van der Waals surface area contributed by atoms with Gasteiger partial charge in [0.15, 0.2) is 5.65 Å². The molecule has 1 aliphatic heterocycles. The lowest BCUT2D eigenvalue weighted by atomic mass is 9.78. The van der Waals surface area contributed by atoms with Crippen LogP contribution in [0.1, 0.15) is 66.8 Å². The Hall–Kier alpha value is -6.50. The van der Waals surface area contributed by atoms with Crippen LogP contribution in [-0.4, -0.2) is 111 Å². The summed E-state index contributed by atoms with van der Waals surface area (Å²) in [6.07, 6.45) is 3.63. The van der Waals surface area contributed by atoms with Gasteiger partial charge in [-0.15, -0.1) is 0 Å². The van der Waals surface area contributed by atoms with Gasteiger partial charge in [-0.3, -0.25) is 14.1 Å². The van der Waals surface area contributed by atoms with Gasteiger partial charge < -0.3 is 29.5 Å². The Balaban J connectivity index is 1.16. The second-order valence-corrected chi connectivity index (χ2v) is 17.4. The minimum atomic E-state index is -0.859. The number of carbonyl (C=O) groups excluding carboxylic acids is 2. The Bertz CT molecular complexity index is 2660. The summed E-state index contributed by atoms with van der Waals surface area (Å²) < 4.78 is 14.0. The highest BCUT2D eigenvalue weighted by molar-refractivity contribution is 5.78. The molecule has 64 heavy (non-hydrogen) atoms. The minimum Gasteiger partial charge on any atom is -0.507 e. The first-order valence-electron chi connectivity index (χ1n) is 22.1. The van der Waals surface area contributed by atoms with Gasteiger partial charge in [-0.1, -0.05) is 118 Å². The number of fused-ring (bicyclic) bond motifs is 1. The van der Waals surface area contributed by atoms with Crippen molar-refractivity contribution in [1.82, 2.24) is 29.1 Å². The van der Waals surface area contributed by atoms with Crippen molar-refractivity contribution < 1.29 is 29.3 Å². The molecular formula is C52H60N6O6. The van der Waals surface area contributed by atoms with Gasteiger partial charge in [0.05, 0.1) is 24.6 Å². The van der Waals surface area contributed by atoms with E-state index >= 15 is 0 Å². The second kappa shape index (κ2) is 20.3. The third-order valence-electron chi connectivity index (χ3n) is 12.2. The van der Waals surface area contributed by atoms with Crippen LogP contribution in [0.2, 0.25) is 0 Å². The van der Waals surface area contributed by atoms with Crippen molar-refractivity contribution in [2.45, 2.75) is 58.3 Å².